The van der Waals surface area contributed by atoms with E-state index in [4.69, 9.17) is 0 Å². The van der Waals surface area contributed by atoms with Crippen molar-refractivity contribution in [3.8, 4) is 0 Å². The number of hydrogen-bond donors (Lipinski definition) is 0. The van der Waals surface area contributed by atoms with Gasteiger partial charge >= 0.3 is 0 Å². The lowest BCUT2D eigenvalue weighted by atomic mass is 10.3. The summed E-state index contributed by atoms with van der Waals surface area (Å²) in [4.78, 5) is 17.4. The average molecular weight is 385 g/mol. The van der Waals surface area contributed by atoms with Crippen LogP contribution in [-0.2, 0) is 6.54 Å². The summed E-state index contributed by atoms with van der Waals surface area (Å²) in [7, 11) is 0. The molecule has 21 heavy (non-hydrogen) atoms. The standard InChI is InChI=1S/C14H10BrFN2OS2/c1-2-18-12-8(16)4-3-5-9(12)21-14(18)17-13(19)10-6-7-11(15)20-10/h3-7H,2H2,1H3. The number of fused-ring (bicyclic) bond motifs is 1. The fourth-order valence-corrected chi connectivity index (χ4v) is 4.41. The van der Waals surface area contributed by atoms with Gasteiger partial charge in [-0.25, -0.2) is 4.39 Å². The zero-order valence-corrected chi connectivity index (χ0v) is 14.2. The van der Waals surface area contributed by atoms with E-state index in [9.17, 15) is 9.18 Å². The van der Waals surface area contributed by atoms with Gasteiger partial charge in [-0.15, -0.1) is 11.3 Å². The molecule has 2 aromatic heterocycles. The van der Waals surface area contributed by atoms with Crippen molar-refractivity contribution in [3.05, 3.63) is 49.6 Å². The van der Waals surface area contributed by atoms with Crippen LogP contribution in [-0.4, -0.2) is 10.5 Å². The van der Waals surface area contributed by atoms with Gasteiger partial charge in [0.1, 0.15) is 5.82 Å². The second-order valence-corrected chi connectivity index (χ2v) is 7.71. The summed E-state index contributed by atoms with van der Waals surface area (Å²) in [6.45, 7) is 2.46. The molecule has 0 aliphatic carbocycles. The minimum Gasteiger partial charge on any atom is -0.314 e. The molecule has 0 radical (unpaired) electrons. The predicted molar refractivity (Wildman–Crippen MR) is 87.4 cm³/mol. The van der Waals surface area contributed by atoms with Gasteiger partial charge in [-0.05, 0) is 47.1 Å². The highest BCUT2D eigenvalue weighted by Crippen LogP contribution is 2.23. The fraction of sp³-hybridized carbons (Fsp3) is 0.143. The van der Waals surface area contributed by atoms with Crippen LogP contribution < -0.4 is 4.80 Å². The van der Waals surface area contributed by atoms with Gasteiger partial charge in [0.2, 0.25) is 0 Å². The van der Waals surface area contributed by atoms with Crippen LogP contribution >= 0.6 is 38.6 Å². The summed E-state index contributed by atoms with van der Waals surface area (Å²) in [6, 6.07) is 8.45. The Morgan fingerprint density at radius 3 is 2.81 bits per heavy atom. The Labute approximate surface area is 136 Å². The molecule has 0 saturated heterocycles. The van der Waals surface area contributed by atoms with Crippen LogP contribution in [0.2, 0.25) is 0 Å². The molecular weight excluding hydrogens is 375 g/mol. The molecular formula is C14H10BrFN2OS2. The molecule has 3 rings (SSSR count). The summed E-state index contributed by atoms with van der Waals surface area (Å²) in [6.07, 6.45) is 0. The lowest BCUT2D eigenvalue weighted by Gasteiger charge is -2.00. The zero-order chi connectivity index (χ0) is 15.0. The fourth-order valence-electron chi connectivity index (χ4n) is 2.04. The molecule has 7 heteroatoms. The van der Waals surface area contributed by atoms with E-state index >= 15 is 0 Å². The number of thiophene rings is 1. The van der Waals surface area contributed by atoms with E-state index in [1.54, 1.807) is 16.7 Å². The molecule has 1 aromatic carbocycles. The van der Waals surface area contributed by atoms with E-state index in [0.717, 1.165) is 8.49 Å². The maximum Gasteiger partial charge on any atom is 0.289 e. The van der Waals surface area contributed by atoms with Gasteiger partial charge in [0, 0.05) is 6.54 Å². The molecule has 0 aliphatic rings. The van der Waals surface area contributed by atoms with Crippen LogP contribution in [0.15, 0.2) is 39.1 Å². The zero-order valence-electron chi connectivity index (χ0n) is 11.0. The van der Waals surface area contributed by atoms with E-state index in [-0.39, 0.29) is 11.7 Å². The monoisotopic (exact) mass is 384 g/mol. The van der Waals surface area contributed by atoms with Crippen LogP contribution in [0, 0.1) is 5.82 Å². The highest BCUT2D eigenvalue weighted by atomic mass is 79.9. The third-order valence-electron chi connectivity index (χ3n) is 2.95. The molecule has 0 fully saturated rings. The van der Waals surface area contributed by atoms with E-state index in [0.29, 0.717) is 21.7 Å². The SMILES string of the molecule is CCn1c(=NC(=O)c2ccc(Br)s2)sc2cccc(F)c21. The van der Waals surface area contributed by atoms with Crippen molar-refractivity contribution in [3.63, 3.8) is 0 Å². The molecule has 0 bridgehead atoms. The molecule has 0 N–H and O–H groups in total. The topological polar surface area (TPSA) is 34.4 Å². The molecule has 3 nitrogen and oxygen atoms in total. The third-order valence-corrected chi connectivity index (χ3v) is 5.60. The molecule has 0 atom stereocenters. The number of thiazole rings is 1. The molecule has 0 saturated carbocycles. The average Bonchev–Trinajstić information content (AvgIpc) is 3.03. The first-order valence-corrected chi connectivity index (χ1v) is 8.65. The van der Waals surface area contributed by atoms with Gasteiger partial charge in [0.15, 0.2) is 4.80 Å². The highest BCUT2D eigenvalue weighted by Gasteiger charge is 2.12. The molecule has 108 valence electrons. The number of benzene rings is 1. The molecule has 2 heterocycles. The number of hydrogen-bond acceptors (Lipinski definition) is 3. The number of nitrogens with zero attached hydrogens (tertiary/aromatic N) is 2. The van der Waals surface area contributed by atoms with E-state index < -0.39 is 0 Å². The first-order valence-electron chi connectivity index (χ1n) is 6.22. The molecule has 0 aliphatic heterocycles. The van der Waals surface area contributed by atoms with E-state index in [1.165, 1.54) is 28.7 Å². The van der Waals surface area contributed by atoms with Crippen LogP contribution in [0.5, 0.6) is 0 Å². The Morgan fingerprint density at radius 2 is 2.14 bits per heavy atom. The van der Waals surface area contributed by atoms with E-state index in [2.05, 4.69) is 20.9 Å². The Hall–Kier alpha value is -1.31. The lowest BCUT2D eigenvalue weighted by Crippen LogP contribution is -2.16. The second kappa shape index (κ2) is 5.82. The Balaban J connectivity index is 2.18. The number of aromatic nitrogens is 1. The number of halogens is 2. The first-order chi connectivity index (χ1) is 10.1. The second-order valence-electron chi connectivity index (χ2n) is 4.24. The lowest BCUT2D eigenvalue weighted by molar-refractivity contribution is 0.100. The first kappa shape index (κ1) is 14.6. The van der Waals surface area contributed by atoms with Crippen LogP contribution in [0.25, 0.3) is 10.2 Å². The Kier molecular flexibility index (Phi) is 4.05. The third kappa shape index (κ3) is 2.73. The molecule has 1 amide bonds. The van der Waals surface area contributed by atoms with Gasteiger partial charge in [-0.1, -0.05) is 17.4 Å². The summed E-state index contributed by atoms with van der Waals surface area (Å²) < 4.78 is 17.4. The molecule has 0 unspecified atom stereocenters. The van der Waals surface area contributed by atoms with Crippen molar-refractivity contribution in [1.82, 2.24) is 4.57 Å². The Morgan fingerprint density at radius 1 is 1.33 bits per heavy atom. The van der Waals surface area contributed by atoms with Crippen molar-refractivity contribution < 1.29 is 9.18 Å². The highest BCUT2D eigenvalue weighted by molar-refractivity contribution is 9.11. The minimum atomic E-state index is -0.306. The number of para-hydroxylation sites is 1. The molecule has 0 spiro atoms. The van der Waals surface area contributed by atoms with Crippen LogP contribution in [0.4, 0.5) is 4.39 Å². The Bertz CT molecular complexity index is 894. The summed E-state index contributed by atoms with van der Waals surface area (Å²) in [5, 5.41) is 0. The number of aryl methyl sites for hydroxylation is 1. The van der Waals surface area contributed by atoms with Gasteiger partial charge < -0.3 is 4.57 Å². The molecule has 3 aromatic rings. The summed E-state index contributed by atoms with van der Waals surface area (Å²) in [5.41, 5.74) is 0.504. The normalized spacial score (nSPS) is 12.2. The van der Waals surface area contributed by atoms with Crippen molar-refractivity contribution >= 4 is 54.7 Å². The minimum absolute atomic E-state index is 0.293. The van der Waals surface area contributed by atoms with E-state index in [1.807, 2.05) is 19.1 Å². The number of rotatable bonds is 2. The van der Waals surface area contributed by atoms with Gasteiger partial charge in [-0.2, -0.15) is 4.99 Å². The van der Waals surface area contributed by atoms with Crippen molar-refractivity contribution in [2.24, 2.45) is 4.99 Å². The summed E-state index contributed by atoms with van der Waals surface area (Å²) in [5.74, 6) is -0.599. The smallest absolute Gasteiger partial charge is 0.289 e. The van der Waals surface area contributed by atoms with Crippen molar-refractivity contribution in [2.45, 2.75) is 13.5 Å². The number of amides is 1. The van der Waals surface area contributed by atoms with Crippen molar-refractivity contribution in [1.29, 1.82) is 0 Å². The predicted octanol–water partition coefficient (Wildman–Crippen LogP) is 4.43. The maximum atomic E-state index is 14.0. The van der Waals surface area contributed by atoms with Gasteiger partial charge in [0.25, 0.3) is 5.91 Å². The maximum absolute atomic E-state index is 14.0. The largest absolute Gasteiger partial charge is 0.314 e. The van der Waals surface area contributed by atoms with Gasteiger partial charge in [0.05, 0.1) is 18.9 Å². The van der Waals surface area contributed by atoms with Crippen LogP contribution in [0.3, 0.4) is 0 Å². The number of carbonyl (C=O) groups is 1. The quantitative estimate of drug-likeness (QED) is 0.643. The summed E-state index contributed by atoms with van der Waals surface area (Å²) >= 11 is 5.98. The van der Waals surface area contributed by atoms with Gasteiger partial charge in [-0.3, -0.25) is 4.79 Å². The van der Waals surface area contributed by atoms with Crippen molar-refractivity contribution in [2.75, 3.05) is 0 Å². The van der Waals surface area contributed by atoms with Crippen LogP contribution in [0.1, 0.15) is 16.6 Å². The number of carbonyl (C=O) groups excluding carboxylic acids is 1.